The van der Waals surface area contributed by atoms with Gasteiger partial charge >= 0.3 is 12.1 Å². The molecule has 0 saturated heterocycles. The molecular weight excluding hydrogens is 464 g/mol. The van der Waals surface area contributed by atoms with E-state index < -0.39 is 18.1 Å². The smallest absolute Gasteiger partial charge is 0.407 e. The summed E-state index contributed by atoms with van der Waals surface area (Å²) in [5.74, 6) is -1.14. The lowest BCUT2D eigenvalue weighted by Gasteiger charge is -2.27. The molecule has 37 heavy (non-hydrogen) atoms. The molecule has 6 rings (SSSR count). The zero-order chi connectivity index (χ0) is 25.4. The maximum atomic E-state index is 12.7. The van der Waals surface area contributed by atoms with Crippen molar-refractivity contribution in [3.63, 3.8) is 0 Å². The predicted octanol–water partition coefficient (Wildman–Crippen LogP) is 5.53. The Balaban J connectivity index is 1.10. The molecule has 1 heterocycles. The van der Waals surface area contributed by atoms with Crippen LogP contribution in [0.3, 0.4) is 0 Å². The van der Waals surface area contributed by atoms with Crippen LogP contribution < -0.4 is 10.2 Å². The Morgan fingerprint density at radius 2 is 1.65 bits per heavy atom. The summed E-state index contributed by atoms with van der Waals surface area (Å²) < 4.78 is 5.58. The number of rotatable bonds is 7. The first-order valence-corrected chi connectivity index (χ1v) is 13.3. The molecule has 2 N–H and O–H groups in total. The van der Waals surface area contributed by atoms with Gasteiger partial charge in [-0.15, -0.1) is 0 Å². The molecule has 6 heteroatoms. The second-order valence-corrected chi connectivity index (χ2v) is 10.4. The van der Waals surface area contributed by atoms with Crippen molar-refractivity contribution in [3.05, 3.63) is 89.0 Å². The van der Waals surface area contributed by atoms with Crippen LogP contribution >= 0.6 is 0 Å². The number of carbonyl (C=O) groups is 2. The minimum atomic E-state index is -1.07. The van der Waals surface area contributed by atoms with E-state index in [0.29, 0.717) is 6.04 Å². The summed E-state index contributed by atoms with van der Waals surface area (Å²) in [5, 5.41) is 12.4. The Morgan fingerprint density at radius 3 is 2.32 bits per heavy atom. The van der Waals surface area contributed by atoms with Crippen LogP contribution in [0.25, 0.3) is 11.1 Å². The molecule has 1 unspecified atom stereocenters. The number of hydrogen-bond acceptors (Lipinski definition) is 4. The van der Waals surface area contributed by atoms with Gasteiger partial charge in [0.15, 0.2) is 0 Å². The molecule has 1 amide bonds. The zero-order valence-electron chi connectivity index (χ0n) is 20.9. The number of aliphatic carboxylic acids is 1. The molecule has 0 radical (unpaired) electrons. The lowest BCUT2D eigenvalue weighted by molar-refractivity contribution is -0.139. The molecule has 1 saturated carbocycles. The third kappa shape index (κ3) is 4.57. The van der Waals surface area contributed by atoms with Gasteiger partial charge in [0.05, 0.1) is 0 Å². The van der Waals surface area contributed by atoms with Crippen molar-refractivity contribution in [2.75, 3.05) is 18.1 Å². The summed E-state index contributed by atoms with van der Waals surface area (Å²) in [4.78, 5) is 27.2. The predicted molar refractivity (Wildman–Crippen MR) is 143 cm³/mol. The van der Waals surface area contributed by atoms with Crippen molar-refractivity contribution >= 4 is 17.7 Å². The Hall–Kier alpha value is -3.80. The lowest BCUT2D eigenvalue weighted by Crippen LogP contribution is -2.42. The van der Waals surface area contributed by atoms with Crippen molar-refractivity contribution in [1.82, 2.24) is 5.32 Å². The van der Waals surface area contributed by atoms with Crippen molar-refractivity contribution in [3.8, 4) is 11.1 Å². The quantitative estimate of drug-likeness (QED) is 0.450. The highest BCUT2D eigenvalue weighted by atomic mass is 16.5. The van der Waals surface area contributed by atoms with E-state index in [2.05, 4.69) is 46.6 Å². The first kappa shape index (κ1) is 23.6. The number of carboxylic acid groups (broad SMARTS) is 1. The number of hydrogen-bond donors (Lipinski definition) is 2. The average Bonchev–Trinajstić information content (AvgIpc) is 3.64. The molecule has 1 atom stereocenters. The third-order valence-electron chi connectivity index (χ3n) is 8.21. The van der Waals surface area contributed by atoms with E-state index >= 15 is 0 Å². The van der Waals surface area contributed by atoms with E-state index in [1.165, 1.54) is 36.9 Å². The number of alkyl carbamates (subject to hydrolysis) is 1. The summed E-state index contributed by atoms with van der Waals surface area (Å²) in [7, 11) is 0. The van der Waals surface area contributed by atoms with Crippen molar-refractivity contribution < 1.29 is 19.4 Å². The normalized spacial score (nSPS) is 17.2. The summed E-state index contributed by atoms with van der Waals surface area (Å²) in [6.45, 7) is 1.19. The molecule has 2 aliphatic carbocycles. The molecule has 1 aliphatic heterocycles. The first-order chi connectivity index (χ1) is 18.1. The number of carbonyl (C=O) groups excluding carboxylic acids is 1. The van der Waals surface area contributed by atoms with Gasteiger partial charge in [-0.25, -0.2) is 9.59 Å². The molecule has 6 nitrogen and oxygen atoms in total. The zero-order valence-corrected chi connectivity index (χ0v) is 20.9. The highest BCUT2D eigenvalue weighted by Gasteiger charge is 2.31. The Labute approximate surface area is 217 Å². The Kier molecular flexibility index (Phi) is 6.33. The van der Waals surface area contributed by atoms with Gasteiger partial charge < -0.3 is 20.1 Å². The number of carboxylic acids is 1. The fraction of sp³-hybridized carbons (Fsp3) is 0.355. The Bertz CT molecular complexity index is 1280. The second kappa shape index (κ2) is 9.92. The van der Waals surface area contributed by atoms with Crippen molar-refractivity contribution in [1.29, 1.82) is 0 Å². The van der Waals surface area contributed by atoms with Gasteiger partial charge in [-0.05, 0) is 58.7 Å². The van der Waals surface area contributed by atoms with E-state index in [1.54, 1.807) is 0 Å². The van der Waals surface area contributed by atoms with Crippen LogP contribution in [0.4, 0.5) is 10.5 Å². The minimum Gasteiger partial charge on any atom is -0.480 e. The summed E-state index contributed by atoms with van der Waals surface area (Å²) in [5.41, 5.74) is 8.02. The van der Waals surface area contributed by atoms with Crippen LogP contribution in [0.5, 0.6) is 0 Å². The number of anilines is 1. The summed E-state index contributed by atoms with van der Waals surface area (Å²) in [6, 6.07) is 22.1. The third-order valence-corrected chi connectivity index (χ3v) is 8.21. The van der Waals surface area contributed by atoms with Gasteiger partial charge in [0.2, 0.25) is 0 Å². The number of ether oxygens (including phenoxy) is 1. The molecule has 3 aliphatic rings. The van der Waals surface area contributed by atoms with Gasteiger partial charge in [0.25, 0.3) is 0 Å². The van der Waals surface area contributed by atoms with Crippen molar-refractivity contribution in [2.24, 2.45) is 0 Å². The molecular formula is C31H32N2O4. The van der Waals surface area contributed by atoms with E-state index in [4.69, 9.17) is 4.74 Å². The number of nitrogens with one attached hydrogen (secondary N) is 1. The van der Waals surface area contributed by atoms with E-state index in [0.717, 1.165) is 40.8 Å². The highest BCUT2D eigenvalue weighted by Crippen LogP contribution is 2.44. The molecule has 0 aromatic heterocycles. The highest BCUT2D eigenvalue weighted by molar-refractivity contribution is 5.81. The molecule has 0 spiro atoms. The average molecular weight is 497 g/mol. The molecule has 3 aromatic rings. The molecule has 1 fully saturated rings. The van der Waals surface area contributed by atoms with Gasteiger partial charge in [-0.2, -0.15) is 0 Å². The number of fused-ring (bicyclic) bond motifs is 4. The number of nitrogens with zero attached hydrogens (tertiary/aromatic N) is 1. The second-order valence-electron chi connectivity index (χ2n) is 10.4. The van der Waals surface area contributed by atoms with Gasteiger partial charge in [-0.1, -0.05) is 73.5 Å². The first-order valence-electron chi connectivity index (χ1n) is 13.3. The van der Waals surface area contributed by atoms with Crippen LogP contribution in [0, 0.1) is 0 Å². The SMILES string of the molecule is O=C(NC(Cc1ccc2c(c1)CCN2C1CCCC1)C(=O)O)OCC1c2ccccc2-c2ccccc21. The lowest BCUT2D eigenvalue weighted by atomic mass is 9.98. The van der Waals surface area contributed by atoms with Gasteiger partial charge in [-0.3, -0.25) is 0 Å². The topological polar surface area (TPSA) is 78.9 Å². The standard InChI is InChI=1S/C31H32N2O4/c34-30(35)28(18-20-13-14-29-21(17-20)15-16-33(29)22-7-1-2-8-22)32-31(36)37-19-27-25-11-5-3-9-23(25)24-10-4-6-12-26(24)27/h3-6,9-14,17,22,27-28H,1-2,7-8,15-16,18-19H2,(H,32,36)(H,34,35). The number of benzene rings is 3. The molecule has 3 aromatic carbocycles. The van der Waals surface area contributed by atoms with Crippen LogP contribution in [0.15, 0.2) is 66.7 Å². The van der Waals surface area contributed by atoms with Crippen LogP contribution in [-0.2, 0) is 22.4 Å². The maximum Gasteiger partial charge on any atom is 0.407 e. The van der Waals surface area contributed by atoms with E-state index in [1.807, 2.05) is 30.3 Å². The van der Waals surface area contributed by atoms with Gasteiger partial charge in [0.1, 0.15) is 12.6 Å². The molecule has 190 valence electrons. The summed E-state index contributed by atoms with van der Waals surface area (Å²) in [6.07, 6.45) is 5.61. The van der Waals surface area contributed by atoms with Crippen LogP contribution in [0.1, 0.15) is 53.9 Å². The number of amides is 1. The largest absolute Gasteiger partial charge is 0.480 e. The van der Waals surface area contributed by atoms with Crippen LogP contribution in [0.2, 0.25) is 0 Å². The minimum absolute atomic E-state index is 0.0686. The molecule has 0 bridgehead atoms. The summed E-state index contributed by atoms with van der Waals surface area (Å²) >= 11 is 0. The fourth-order valence-corrected chi connectivity index (χ4v) is 6.42. The fourth-order valence-electron chi connectivity index (χ4n) is 6.42. The van der Waals surface area contributed by atoms with Gasteiger partial charge in [0, 0.05) is 30.6 Å². The maximum absolute atomic E-state index is 12.7. The van der Waals surface area contributed by atoms with E-state index in [-0.39, 0.29) is 18.9 Å². The van der Waals surface area contributed by atoms with Crippen LogP contribution in [-0.4, -0.2) is 42.4 Å². The van der Waals surface area contributed by atoms with Crippen molar-refractivity contribution in [2.45, 2.75) is 56.5 Å². The van der Waals surface area contributed by atoms with E-state index in [9.17, 15) is 14.7 Å². The monoisotopic (exact) mass is 496 g/mol. The Morgan fingerprint density at radius 1 is 0.973 bits per heavy atom.